The maximum Gasteiger partial charge on any atom is 0.490 e. The fourth-order valence-electron chi connectivity index (χ4n) is 3.97. The van der Waals surface area contributed by atoms with E-state index in [0.29, 0.717) is 36.8 Å². The molecule has 1 saturated heterocycles. The summed E-state index contributed by atoms with van der Waals surface area (Å²) < 4.78 is 91.3. The molecular weight excluding hydrogens is 614 g/mol. The van der Waals surface area contributed by atoms with Crippen LogP contribution in [-0.4, -0.2) is 59.8 Å². The van der Waals surface area contributed by atoms with Crippen molar-refractivity contribution in [2.24, 2.45) is 0 Å². The number of hydrogen-bond donors (Lipinski definition) is 0. The number of carbonyl (C=O) groups is 1. The van der Waals surface area contributed by atoms with Gasteiger partial charge in [-0.1, -0.05) is 6.07 Å². The number of ether oxygens (including phenoxy) is 2. The van der Waals surface area contributed by atoms with E-state index in [9.17, 15) is 31.5 Å². The lowest BCUT2D eigenvalue weighted by atomic mass is 10.2. The second kappa shape index (κ2) is 11.9. The number of hydrogen-bond acceptors (Lipinski definition) is 7. The first-order valence-corrected chi connectivity index (χ1v) is 12.5. The van der Waals surface area contributed by atoms with Crippen LogP contribution in [0.4, 0.5) is 32.0 Å². The van der Waals surface area contributed by atoms with Gasteiger partial charge in [0.25, 0.3) is 5.56 Å². The number of halogens is 7. The van der Waals surface area contributed by atoms with Crippen molar-refractivity contribution in [1.29, 1.82) is 0 Å². The molecule has 40 heavy (non-hydrogen) atoms. The molecule has 214 valence electrons. The monoisotopic (exact) mass is 634 g/mol. The number of rotatable bonds is 7. The summed E-state index contributed by atoms with van der Waals surface area (Å²) in [5.74, 6) is -6.33. The predicted molar refractivity (Wildman–Crippen MR) is 134 cm³/mol. The number of alkyl halides is 3. The lowest BCUT2D eigenvalue weighted by Gasteiger charge is -2.35. The minimum absolute atomic E-state index is 0.115. The van der Waals surface area contributed by atoms with E-state index in [0.717, 1.165) is 18.2 Å². The summed E-state index contributed by atoms with van der Waals surface area (Å²) in [5, 5.41) is 0. The molecule has 0 aliphatic carbocycles. The number of anilines is 1. The van der Waals surface area contributed by atoms with Gasteiger partial charge in [0.05, 0.1) is 5.69 Å². The Hall–Kier alpha value is -3.59. The van der Waals surface area contributed by atoms with Gasteiger partial charge in [-0.2, -0.15) is 18.2 Å². The number of nitrogens with zero attached hydrogens (tertiary/aromatic N) is 4. The topological polar surface area (TPSA) is 76.9 Å². The van der Waals surface area contributed by atoms with Gasteiger partial charge in [0.2, 0.25) is 5.88 Å². The molecule has 1 aromatic heterocycles. The van der Waals surface area contributed by atoms with Crippen LogP contribution >= 0.6 is 15.9 Å². The van der Waals surface area contributed by atoms with Gasteiger partial charge in [-0.05, 0) is 47.2 Å². The second-order valence-corrected chi connectivity index (χ2v) is 9.58. The summed E-state index contributed by atoms with van der Waals surface area (Å²) in [6, 6.07) is 6.69. The third-order valence-electron chi connectivity index (χ3n) is 6.04. The van der Waals surface area contributed by atoms with Gasteiger partial charge in [0.15, 0.2) is 12.4 Å². The molecule has 0 unspecified atom stereocenters. The molecule has 4 rings (SSSR count). The molecule has 0 saturated carbocycles. The van der Waals surface area contributed by atoms with Crippen molar-refractivity contribution in [3.8, 4) is 11.6 Å². The zero-order chi connectivity index (χ0) is 29.2. The highest BCUT2D eigenvalue weighted by molar-refractivity contribution is 9.10. The standard InChI is InChI=1S/C25H21BrF6N4O4/c1-34-7-9-35(10-8-34)18-4-2-3-16(28)21(18)36-19(13-40-24(38)25(30,31)32)33-22(20(26)23(36)37)39-12-14-5-6-15(27)11-17(14)29/h2-6,11H,7-10,12-13H2,1H3. The second-order valence-electron chi connectivity index (χ2n) is 8.78. The highest BCUT2D eigenvalue weighted by Crippen LogP contribution is 2.31. The van der Waals surface area contributed by atoms with Gasteiger partial charge in [0.1, 0.15) is 34.2 Å². The van der Waals surface area contributed by atoms with Crippen molar-refractivity contribution in [3.05, 3.63) is 80.1 Å². The molecule has 1 aliphatic rings. The summed E-state index contributed by atoms with van der Waals surface area (Å²) in [4.78, 5) is 32.8. The Balaban J connectivity index is 1.80. The molecule has 0 atom stereocenters. The van der Waals surface area contributed by atoms with E-state index in [1.165, 1.54) is 12.1 Å². The number of para-hydroxylation sites is 1. The molecular formula is C25H21BrF6N4O4. The van der Waals surface area contributed by atoms with Crippen LogP contribution in [-0.2, 0) is 22.7 Å². The molecule has 3 aromatic rings. The first-order chi connectivity index (χ1) is 18.9. The van der Waals surface area contributed by atoms with Crippen molar-refractivity contribution < 1.29 is 40.6 Å². The van der Waals surface area contributed by atoms with Crippen LogP contribution in [0.25, 0.3) is 5.69 Å². The smallest absolute Gasteiger partial charge is 0.472 e. The van der Waals surface area contributed by atoms with Gasteiger partial charge >= 0.3 is 12.1 Å². The Morgan fingerprint density at radius 2 is 1.73 bits per heavy atom. The average molecular weight is 635 g/mol. The number of aromatic nitrogens is 2. The number of likely N-dealkylation sites (N-methyl/N-ethyl adjacent to an activating group) is 1. The first kappa shape index (κ1) is 29.4. The molecule has 2 heterocycles. The lowest BCUT2D eigenvalue weighted by Crippen LogP contribution is -2.45. The molecule has 0 N–H and O–H groups in total. The lowest BCUT2D eigenvalue weighted by molar-refractivity contribution is -0.201. The first-order valence-electron chi connectivity index (χ1n) is 11.7. The van der Waals surface area contributed by atoms with Gasteiger partial charge in [-0.15, -0.1) is 0 Å². The van der Waals surface area contributed by atoms with Crippen LogP contribution in [0.1, 0.15) is 11.4 Å². The van der Waals surface area contributed by atoms with Gasteiger partial charge in [-0.25, -0.2) is 18.0 Å². The van der Waals surface area contributed by atoms with Crippen LogP contribution in [0.15, 0.2) is 45.7 Å². The van der Waals surface area contributed by atoms with Crippen molar-refractivity contribution in [1.82, 2.24) is 14.5 Å². The van der Waals surface area contributed by atoms with E-state index in [1.54, 1.807) is 4.90 Å². The van der Waals surface area contributed by atoms with Gasteiger partial charge < -0.3 is 19.3 Å². The van der Waals surface area contributed by atoms with Crippen LogP contribution in [0.5, 0.6) is 5.88 Å². The fraction of sp³-hybridized carbons (Fsp3) is 0.320. The number of esters is 1. The largest absolute Gasteiger partial charge is 0.490 e. The number of piperazine rings is 1. The third-order valence-corrected chi connectivity index (χ3v) is 6.72. The Morgan fingerprint density at radius 1 is 1.02 bits per heavy atom. The molecule has 15 heteroatoms. The highest BCUT2D eigenvalue weighted by Gasteiger charge is 2.41. The summed E-state index contributed by atoms with van der Waals surface area (Å²) >= 11 is 3.03. The molecule has 1 fully saturated rings. The molecule has 0 radical (unpaired) electrons. The predicted octanol–water partition coefficient (Wildman–Crippen LogP) is 4.35. The van der Waals surface area contributed by atoms with E-state index in [4.69, 9.17) is 4.74 Å². The van der Waals surface area contributed by atoms with Crippen LogP contribution < -0.4 is 15.2 Å². The minimum atomic E-state index is -5.34. The van der Waals surface area contributed by atoms with Crippen LogP contribution in [0.3, 0.4) is 0 Å². The molecule has 2 aromatic carbocycles. The van der Waals surface area contributed by atoms with E-state index in [-0.39, 0.29) is 21.4 Å². The zero-order valence-corrected chi connectivity index (χ0v) is 22.4. The van der Waals surface area contributed by atoms with E-state index >= 15 is 4.39 Å². The molecule has 0 amide bonds. The number of benzene rings is 2. The summed E-state index contributed by atoms with van der Waals surface area (Å²) in [5.41, 5.74) is -1.17. The SMILES string of the molecule is CN1CCN(c2cccc(F)c2-n2c(COC(=O)C(F)(F)F)nc(OCc3ccc(F)cc3F)c(Br)c2=O)CC1. The van der Waals surface area contributed by atoms with Crippen molar-refractivity contribution in [3.63, 3.8) is 0 Å². The normalized spacial score (nSPS) is 14.3. The zero-order valence-electron chi connectivity index (χ0n) is 20.8. The van der Waals surface area contributed by atoms with Crippen molar-refractivity contribution >= 4 is 27.6 Å². The van der Waals surface area contributed by atoms with E-state index < -0.39 is 60.1 Å². The highest BCUT2D eigenvalue weighted by atomic mass is 79.9. The maximum atomic E-state index is 15.4. The molecule has 0 bridgehead atoms. The molecule has 0 spiro atoms. The van der Waals surface area contributed by atoms with Crippen molar-refractivity contribution in [2.45, 2.75) is 19.4 Å². The summed E-state index contributed by atoms with van der Waals surface area (Å²) in [6.45, 7) is 0.428. The Kier molecular flexibility index (Phi) is 8.73. The summed E-state index contributed by atoms with van der Waals surface area (Å²) in [6.07, 6.45) is -5.34. The van der Waals surface area contributed by atoms with E-state index in [2.05, 4.69) is 25.7 Å². The number of carbonyl (C=O) groups excluding carboxylic acids is 1. The van der Waals surface area contributed by atoms with Crippen LogP contribution in [0.2, 0.25) is 0 Å². The fourth-order valence-corrected chi connectivity index (χ4v) is 4.35. The Bertz CT molecular complexity index is 1470. The quantitative estimate of drug-likeness (QED) is 0.283. The Morgan fingerprint density at radius 3 is 2.38 bits per heavy atom. The molecule has 8 nitrogen and oxygen atoms in total. The maximum absolute atomic E-state index is 15.4. The summed E-state index contributed by atoms with van der Waals surface area (Å²) in [7, 11) is 1.90. The van der Waals surface area contributed by atoms with Crippen LogP contribution in [0, 0.1) is 17.5 Å². The van der Waals surface area contributed by atoms with E-state index in [1.807, 2.05) is 11.9 Å². The van der Waals surface area contributed by atoms with Crippen molar-refractivity contribution in [2.75, 3.05) is 38.1 Å². The average Bonchev–Trinajstić information content (AvgIpc) is 2.89. The minimum Gasteiger partial charge on any atom is -0.472 e. The molecule has 1 aliphatic heterocycles. The third kappa shape index (κ3) is 6.41. The van der Waals surface area contributed by atoms with Gasteiger partial charge in [0, 0.05) is 37.8 Å². The Labute approximate surface area is 231 Å². The van der Waals surface area contributed by atoms with Gasteiger partial charge in [-0.3, -0.25) is 9.36 Å².